The second-order valence-electron chi connectivity index (χ2n) is 4.49. The zero-order valence-electron chi connectivity index (χ0n) is 10.2. The van der Waals surface area contributed by atoms with E-state index in [4.69, 9.17) is 5.73 Å². The fourth-order valence-electron chi connectivity index (χ4n) is 1.83. The Labute approximate surface area is 112 Å². The van der Waals surface area contributed by atoms with Crippen LogP contribution in [-0.4, -0.2) is 3.91 Å². The average Bonchev–Trinajstić information content (AvgIpc) is 2.40. The van der Waals surface area contributed by atoms with Crippen LogP contribution in [0.4, 0.5) is 10.5 Å². The van der Waals surface area contributed by atoms with Gasteiger partial charge in [0.1, 0.15) is 0 Å². The molecule has 1 aromatic rings. The van der Waals surface area contributed by atoms with Crippen molar-refractivity contribution >= 4 is 15.3 Å². The SMILES string of the molecule is Cc1cc(C(C)C)cc2c1NC(=O)[I-]C=C2N. The Morgan fingerprint density at radius 3 is 2.71 bits per heavy atom. The normalized spacial score (nSPS) is 15.5. The molecular formula is C13H16IN2O-. The molecule has 0 fully saturated rings. The minimum absolute atomic E-state index is 0.103. The molecule has 0 aromatic heterocycles. The Morgan fingerprint density at radius 1 is 1.35 bits per heavy atom. The molecule has 4 heteroatoms. The fourth-order valence-corrected chi connectivity index (χ4v) is 3.21. The molecule has 2 rings (SSSR count). The van der Waals surface area contributed by atoms with E-state index in [1.807, 2.05) is 11.0 Å². The number of carbonyl (C=O) groups excluding carboxylic acids is 1. The zero-order valence-corrected chi connectivity index (χ0v) is 12.3. The molecule has 0 bridgehead atoms. The van der Waals surface area contributed by atoms with E-state index in [1.165, 1.54) is 5.56 Å². The monoisotopic (exact) mass is 343 g/mol. The molecule has 1 heterocycles. The zero-order chi connectivity index (χ0) is 12.6. The molecule has 0 aliphatic carbocycles. The van der Waals surface area contributed by atoms with Crippen molar-refractivity contribution in [3.8, 4) is 0 Å². The number of rotatable bonds is 1. The molecule has 0 spiro atoms. The van der Waals surface area contributed by atoms with Crippen molar-refractivity contribution in [2.45, 2.75) is 26.7 Å². The summed E-state index contributed by atoms with van der Waals surface area (Å²) in [5, 5.41) is 2.97. The summed E-state index contributed by atoms with van der Waals surface area (Å²) < 4.78 is 2.00. The van der Waals surface area contributed by atoms with Gasteiger partial charge in [-0.3, -0.25) is 0 Å². The maximum atomic E-state index is 11.6. The first-order valence-electron chi connectivity index (χ1n) is 5.54. The third-order valence-corrected chi connectivity index (χ3v) is 4.65. The number of fused-ring (bicyclic) bond motifs is 1. The van der Waals surface area contributed by atoms with Crippen LogP contribution in [0.5, 0.6) is 0 Å². The molecule has 0 saturated heterocycles. The van der Waals surface area contributed by atoms with Gasteiger partial charge in [0.2, 0.25) is 0 Å². The number of benzene rings is 1. The summed E-state index contributed by atoms with van der Waals surface area (Å²) >= 11 is -0.640. The molecule has 92 valence electrons. The average molecular weight is 343 g/mol. The van der Waals surface area contributed by atoms with Gasteiger partial charge in [-0.25, -0.2) is 0 Å². The summed E-state index contributed by atoms with van der Waals surface area (Å²) in [6, 6.07) is 4.22. The van der Waals surface area contributed by atoms with Crippen molar-refractivity contribution in [3.05, 3.63) is 32.9 Å². The number of hydrogen-bond acceptors (Lipinski definition) is 2. The van der Waals surface area contributed by atoms with Crippen LogP contribution < -0.4 is 32.3 Å². The summed E-state index contributed by atoms with van der Waals surface area (Å²) in [7, 11) is 0. The van der Waals surface area contributed by atoms with Gasteiger partial charge >= 0.3 is 112 Å². The van der Waals surface area contributed by atoms with E-state index in [2.05, 4.69) is 31.3 Å². The first-order chi connectivity index (χ1) is 7.99. The number of halogens is 1. The second-order valence-corrected chi connectivity index (χ2v) is 6.71. The van der Waals surface area contributed by atoms with Crippen molar-refractivity contribution in [1.82, 2.24) is 0 Å². The van der Waals surface area contributed by atoms with Crippen LogP contribution >= 0.6 is 0 Å². The summed E-state index contributed by atoms with van der Waals surface area (Å²) in [5.74, 6) is 0.459. The minimum atomic E-state index is -0.640. The van der Waals surface area contributed by atoms with Crippen molar-refractivity contribution < 1.29 is 26.0 Å². The predicted molar refractivity (Wildman–Crippen MR) is 66.5 cm³/mol. The third kappa shape index (κ3) is 2.46. The molecule has 1 aliphatic heterocycles. The van der Waals surface area contributed by atoms with E-state index in [0.29, 0.717) is 5.92 Å². The summed E-state index contributed by atoms with van der Waals surface area (Å²) in [5.41, 5.74) is 11.0. The molecule has 1 amide bonds. The second kappa shape index (κ2) is 4.68. The van der Waals surface area contributed by atoms with Crippen molar-refractivity contribution in [2.75, 3.05) is 5.32 Å². The number of amides is 1. The molecule has 0 atom stereocenters. The summed E-state index contributed by atoms with van der Waals surface area (Å²) in [4.78, 5) is 11.6. The number of carbonyl (C=O) groups is 1. The van der Waals surface area contributed by atoms with Crippen LogP contribution in [0.3, 0.4) is 0 Å². The first-order valence-corrected chi connectivity index (χ1v) is 7.86. The molecular weight excluding hydrogens is 327 g/mol. The third-order valence-electron chi connectivity index (χ3n) is 2.83. The van der Waals surface area contributed by atoms with Gasteiger partial charge in [-0.1, -0.05) is 0 Å². The number of aryl methyl sites for hydroxylation is 1. The predicted octanol–water partition coefficient (Wildman–Crippen LogP) is 0.0100. The number of anilines is 1. The van der Waals surface area contributed by atoms with Crippen LogP contribution in [-0.2, 0) is 0 Å². The van der Waals surface area contributed by atoms with Crippen LogP contribution in [0.2, 0.25) is 0 Å². The standard InChI is InChI=1S/C13H16IN2O/c1-7(2)9-4-8(3)12-10(5-9)11(15)6-14-13(17)16-12/h4-7H,15H2,1-3H3,(H,16,17)/q-1. The molecule has 3 nitrogen and oxygen atoms in total. The van der Waals surface area contributed by atoms with Crippen molar-refractivity contribution in [3.63, 3.8) is 0 Å². The number of nitrogens with two attached hydrogens (primary N) is 1. The molecule has 1 aromatic carbocycles. The number of hydrogen-bond donors (Lipinski definition) is 2. The molecule has 0 unspecified atom stereocenters. The first kappa shape index (κ1) is 12.4. The van der Waals surface area contributed by atoms with E-state index in [1.54, 1.807) is 0 Å². The summed E-state index contributed by atoms with van der Waals surface area (Å²) in [6.45, 7) is 6.33. The van der Waals surface area contributed by atoms with Gasteiger partial charge in [0.05, 0.1) is 0 Å². The van der Waals surface area contributed by atoms with E-state index < -0.39 is 21.2 Å². The Kier molecular flexibility index (Phi) is 3.42. The molecule has 3 N–H and O–H groups in total. The van der Waals surface area contributed by atoms with Crippen LogP contribution in [0.1, 0.15) is 36.5 Å². The van der Waals surface area contributed by atoms with E-state index >= 15 is 0 Å². The summed E-state index contributed by atoms with van der Waals surface area (Å²) in [6.07, 6.45) is 0. The maximum absolute atomic E-state index is 11.6. The van der Waals surface area contributed by atoms with Crippen LogP contribution in [0, 0.1) is 6.92 Å². The van der Waals surface area contributed by atoms with E-state index in [0.717, 1.165) is 22.5 Å². The van der Waals surface area contributed by atoms with Gasteiger partial charge in [-0.2, -0.15) is 0 Å². The van der Waals surface area contributed by atoms with E-state index in [9.17, 15) is 4.79 Å². The van der Waals surface area contributed by atoms with Gasteiger partial charge in [-0.15, -0.1) is 0 Å². The van der Waals surface area contributed by atoms with Gasteiger partial charge in [0.15, 0.2) is 0 Å². The van der Waals surface area contributed by atoms with Crippen molar-refractivity contribution in [2.24, 2.45) is 5.73 Å². The molecule has 0 saturated carbocycles. The molecule has 0 radical (unpaired) electrons. The molecule has 1 aliphatic rings. The van der Waals surface area contributed by atoms with Crippen molar-refractivity contribution in [1.29, 1.82) is 0 Å². The van der Waals surface area contributed by atoms with Gasteiger partial charge in [-0.05, 0) is 0 Å². The number of nitrogens with one attached hydrogen (secondary N) is 1. The Bertz CT molecular complexity index is 506. The topological polar surface area (TPSA) is 55.1 Å². The fraction of sp³-hybridized carbons (Fsp3) is 0.308. The quantitative estimate of drug-likeness (QED) is 0.429. The van der Waals surface area contributed by atoms with Crippen LogP contribution in [0.15, 0.2) is 16.2 Å². The van der Waals surface area contributed by atoms with Gasteiger partial charge < -0.3 is 0 Å². The Balaban J connectivity index is 2.62. The van der Waals surface area contributed by atoms with E-state index in [-0.39, 0.29) is 3.91 Å². The Hall–Kier alpha value is -1.04. The van der Waals surface area contributed by atoms with Gasteiger partial charge in [0.25, 0.3) is 0 Å². The molecule has 17 heavy (non-hydrogen) atoms. The van der Waals surface area contributed by atoms with Gasteiger partial charge in [0, 0.05) is 0 Å². The van der Waals surface area contributed by atoms with Crippen LogP contribution in [0.25, 0.3) is 5.70 Å². The Morgan fingerprint density at radius 2 is 2.06 bits per heavy atom.